The third-order valence-corrected chi connectivity index (χ3v) is 5.02. The van der Waals surface area contributed by atoms with E-state index < -0.39 is 12.2 Å². The van der Waals surface area contributed by atoms with Crippen LogP contribution in [0.5, 0.6) is 5.75 Å². The van der Waals surface area contributed by atoms with Gasteiger partial charge in [-0.05, 0) is 64.7 Å². The molecule has 0 bridgehead atoms. The van der Waals surface area contributed by atoms with Crippen molar-refractivity contribution in [2.45, 2.75) is 19.4 Å². The van der Waals surface area contributed by atoms with Gasteiger partial charge in [0.15, 0.2) is 0 Å². The predicted octanol–water partition coefficient (Wildman–Crippen LogP) is 5.10. The monoisotopic (exact) mass is 496 g/mol. The summed E-state index contributed by atoms with van der Waals surface area (Å²) in [6.07, 6.45) is -1.09. The highest BCUT2D eigenvalue weighted by atomic mass is 79.9. The second-order valence-electron chi connectivity index (χ2n) is 5.96. The standard InChI is InChI=1S/C19H18Br2N2O4/c1-11(6-7-24)18(15-8-13(20)9-16(21)17(15)25)27-19(26)23-14-4-2-12(10-22)3-5-14/h2-5,8-9,11,18,24-25H,6-7H2,1H3,(H,23,26)/t11-,18+/m1/s1. The lowest BCUT2D eigenvalue weighted by Gasteiger charge is -2.25. The van der Waals surface area contributed by atoms with E-state index in [2.05, 4.69) is 37.2 Å². The Morgan fingerprint density at radius 3 is 2.56 bits per heavy atom. The van der Waals surface area contributed by atoms with Gasteiger partial charge in [0.2, 0.25) is 0 Å². The van der Waals surface area contributed by atoms with Crippen molar-refractivity contribution in [3.05, 3.63) is 56.5 Å². The number of aliphatic hydroxyl groups excluding tert-OH is 1. The van der Waals surface area contributed by atoms with Crippen LogP contribution in [0, 0.1) is 17.2 Å². The molecule has 2 rings (SSSR count). The van der Waals surface area contributed by atoms with Crippen LogP contribution < -0.4 is 5.32 Å². The van der Waals surface area contributed by atoms with Gasteiger partial charge in [-0.15, -0.1) is 0 Å². The number of carbonyl (C=O) groups excluding carboxylic acids is 1. The number of hydrogen-bond acceptors (Lipinski definition) is 5. The molecule has 0 aromatic heterocycles. The summed E-state index contributed by atoms with van der Waals surface area (Å²) in [6, 6.07) is 11.7. The Morgan fingerprint density at radius 1 is 1.30 bits per heavy atom. The summed E-state index contributed by atoms with van der Waals surface area (Å²) < 4.78 is 6.74. The van der Waals surface area contributed by atoms with Crippen molar-refractivity contribution in [1.82, 2.24) is 0 Å². The fourth-order valence-corrected chi connectivity index (χ4v) is 3.79. The van der Waals surface area contributed by atoms with Crippen molar-refractivity contribution in [3.63, 3.8) is 0 Å². The first kappa shape index (κ1) is 21.2. The molecule has 2 aromatic carbocycles. The second kappa shape index (κ2) is 9.74. The van der Waals surface area contributed by atoms with Gasteiger partial charge in [0, 0.05) is 22.3 Å². The number of ether oxygens (including phenoxy) is 1. The van der Waals surface area contributed by atoms with Crippen molar-refractivity contribution in [1.29, 1.82) is 5.26 Å². The molecule has 27 heavy (non-hydrogen) atoms. The molecule has 6 nitrogen and oxygen atoms in total. The fraction of sp³-hybridized carbons (Fsp3) is 0.263. The molecule has 0 unspecified atom stereocenters. The summed E-state index contributed by atoms with van der Waals surface area (Å²) in [5.41, 5.74) is 1.38. The number of phenolic OH excluding ortho intramolecular Hbond substituents is 1. The zero-order valence-electron chi connectivity index (χ0n) is 14.4. The molecule has 142 valence electrons. The molecule has 2 atom stereocenters. The van der Waals surface area contributed by atoms with Crippen molar-refractivity contribution in [3.8, 4) is 11.8 Å². The van der Waals surface area contributed by atoms with Crippen molar-refractivity contribution in [2.75, 3.05) is 11.9 Å². The van der Waals surface area contributed by atoms with Crippen LogP contribution in [-0.2, 0) is 4.74 Å². The van der Waals surface area contributed by atoms with Crippen molar-refractivity contribution in [2.24, 2.45) is 5.92 Å². The van der Waals surface area contributed by atoms with Crippen LogP contribution in [0.2, 0.25) is 0 Å². The summed E-state index contributed by atoms with van der Waals surface area (Å²) in [4.78, 5) is 12.4. The van der Waals surface area contributed by atoms with E-state index in [1.54, 1.807) is 36.4 Å². The maximum atomic E-state index is 12.4. The van der Waals surface area contributed by atoms with Gasteiger partial charge >= 0.3 is 6.09 Å². The minimum Gasteiger partial charge on any atom is -0.506 e. The number of nitrogens with zero attached hydrogens (tertiary/aromatic N) is 1. The van der Waals surface area contributed by atoms with E-state index in [1.165, 1.54) is 0 Å². The molecule has 1 amide bonds. The van der Waals surface area contributed by atoms with Crippen LogP contribution in [0.4, 0.5) is 10.5 Å². The minimum absolute atomic E-state index is 0.0286. The summed E-state index contributed by atoms with van der Waals surface area (Å²) in [7, 11) is 0. The summed E-state index contributed by atoms with van der Waals surface area (Å²) in [6.45, 7) is 1.75. The number of aromatic hydroxyl groups is 1. The van der Waals surface area contributed by atoms with Crippen molar-refractivity contribution < 1.29 is 19.7 Å². The molecule has 0 fully saturated rings. The van der Waals surface area contributed by atoms with Gasteiger partial charge in [0.05, 0.1) is 16.1 Å². The van der Waals surface area contributed by atoms with Crippen LogP contribution in [0.1, 0.15) is 30.6 Å². The first-order valence-corrected chi connectivity index (χ1v) is 9.71. The van der Waals surface area contributed by atoms with E-state index in [9.17, 15) is 15.0 Å². The predicted molar refractivity (Wildman–Crippen MR) is 108 cm³/mol. The molecule has 2 aromatic rings. The molecule has 8 heteroatoms. The van der Waals surface area contributed by atoms with Crippen LogP contribution in [0.25, 0.3) is 0 Å². The lowest BCUT2D eigenvalue weighted by molar-refractivity contribution is 0.0651. The molecule has 0 aliphatic carbocycles. The average Bonchev–Trinajstić information content (AvgIpc) is 2.63. The molecule has 0 saturated heterocycles. The molecule has 0 spiro atoms. The number of nitriles is 1. The SMILES string of the molecule is C[C@H](CCO)[C@H](OC(=O)Nc1ccc(C#N)cc1)c1cc(Br)cc(Br)c1O. The number of benzene rings is 2. The number of halogens is 2. The van der Waals surface area contributed by atoms with Crippen LogP contribution in [0.15, 0.2) is 45.3 Å². The lowest BCUT2D eigenvalue weighted by atomic mass is 9.94. The molecule has 0 radical (unpaired) electrons. The molecular formula is C19H18Br2N2O4. The Kier molecular flexibility index (Phi) is 7.66. The molecule has 0 aliphatic rings. The quantitative estimate of drug-likeness (QED) is 0.515. The summed E-state index contributed by atoms with van der Waals surface area (Å²) in [5, 5.41) is 31.1. The zero-order valence-corrected chi connectivity index (χ0v) is 17.6. The van der Waals surface area contributed by atoms with Crippen LogP contribution in [0.3, 0.4) is 0 Å². The normalized spacial score (nSPS) is 12.7. The maximum absolute atomic E-state index is 12.4. The molecule has 0 saturated carbocycles. The topological polar surface area (TPSA) is 103 Å². The second-order valence-corrected chi connectivity index (χ2v) is 7.73. The van der Waals surface area contributed by atoms with Gasteiger partial charge in [-0.1, -0.05) is 22.9 Å². The van der Waals surface area contributed by atoms with E-state index in [1.807, 2.05) is 13.0 Å². The maximum Gasteiger partial charge on any atom is 0.412 e. The number of amides is 1. The number of carbonyl (C=O) groups is 1. The Hall–Kier alpha value is -2.08. The highest BCUT2D eigenvalue weighted by molar-refractivity contribution is 9.11. The molecule has 0 aliphatic heterocycles. The van der Waals surface area contributed by atoms with Gasteiger partial charge in [0.1, 0.15) is 11.9 Å². The van der Waals surface area contributed by atoms with E-state index in [0.717, 1.165) is 0 Å². The van der Waals surface area contributed by atoms with E-state index in [4.69, 9.17) is 10.00 Å². The first-order valence-electron chi connectivity index (χ1n) is 8.12. The van der Waals surface area contributed by atoms with E-state index >= 15 is 0 Å². The number of rotatable bonds is 6. The number of anilines is 1. The first-order chi connectivity index (χ1) is 12.8. The summed E-state index contributed by atoms with van der Waals surface area (Å²) >= 11 is 6.64. The highest BCUT2D eigenvalue weighted by Gasteiger charge is 2.27. The van der Waals surface area contributed by atoms with Gasteiger partial charge in [-0.2, -0.15) is 5.26 Å². The third-order valence-electron chi connectivity index (χ3n) is 3.96. The van der Waals surface area contributed by atoms with Gasteiger partial charge < -0.3 is 14.9 Å². The Balaban J connectivity index is 2.24. The zero-order chi connectivity index (χ0) is 20.0. The lowest BCUT2D eigenvalue weighted by Crippen LogP contribution is -2.22. The number of phenols is 1. The highest BCUT2D eigenvalue weighted by Crippen LogP contribution is 2.40. The van der Waals surface area contributed by atoms with E-state index in [-0.39, 0.29) is 18.3 Å². The van der Waals surface area contributed by atoms with Crippen LogP contribution in [-0.4, -0.2) is 22.9 Å². The average molecular weight is 498 g/mol. The molecule has 0 heterocycles. The number of nitrogens with one attached hydrogen (secondary N) is 1. The molecular weight excluding hydrogens is 480 g/mol. The Bertz CT molecular complexity index is 850. The number of hydrogen-bond donors (Lipinski definition) is 3. The largest absolute Gasteiger partial charge is 0.506 e. The minimum atomic E-state index is -0.774. The van der Waals surface area contributed by atoms with Gasteiger partial charge in [0.25, 0.3) is 0 Å². The van der Waals surface area contributed by atoms with Gasteiger partial charge in [-0.3, -0.25) is 5.32 Å². The number of aliphatic hydroxyl groups is 1. The fourth-order valence-electron chi connectivity index (χ4n) is 2.53. The summed E-state index contributed by atoms with van der Waals surface area (Å²) in [5.74, 6) is -0.270. The van der Waals surface area contributed by atoms with Crippen LogP contribution >= 0.6 is 31.9 Å². The third kappa shape index (κ3) is 5.70. The van der Waals surface area contributed by atoms with Gasteiger partial charge in [-0.25, -0.2) is 4.79 Å². The Labute approximate surface area is 174 Å². The Morgan fingerprint density at radius 2 is 1.96 bits per heavy atom. The van der Waals surface area contributed by atoms with E-state index in [0.29, 0.717) is 32.2 Å². The smallest absolute Gasteiger partial charge is 0.412 e. The van der Waals surface area contributed by atoms with Crippen molar-refractivity contribution >= 4 is 43.6 Å². The molecule has 3 N–H and O–H groups in total.